The summed E-state index contributed by atoms with van der Waals surface area (Å²) in [6.45, 7) is 0.991. The van der Waals surface area contributed by atoms with Gasteiger partial charge < -0.3 is 5.11 Å². The maximum absolute atomic E-state index is 14.5. The molecule has 0 bridgehead atoms. The molecule has 0 aliphatic rings. The Morgan fingerprint density at radius 3 is 2.76 bits per heavy atom. The summed E-state index contributed by atoms with van der Waals surface area (Å²) in [5.41, 5.74) is -2.89. The fourth-order valence-corrected chi connectivity index (χ4v) is 2.63. The highest BCUT2D eigenvalue weighted by atomic mass is 19.1. The fraction of sp³-hybridized carbons (Fsp3) is 0.250. The Morgan fingerprint density at radius 2 is 2.08 bits per heavy atom. The maximum Gasteiger partial charge on any atom is 0.163 e. The van der Waals surface area contributed by atoms with Crippen LogP contribution in [-0.2, 0) is 12.1 Å². The predicted octanol–water partition coefficient (Wildman–Crippen LogP) is 2.18. The molecule has 0 saturated carbocycles. The Bertz CT molecular complexity index is 973. The van der Waals surface area contributed by atoms with Crippen LogP contribution in [0.2, 0.25) is 0 Å². The van der Waals surface area contributed by atoms with Crippen LogP contribution in [0.15, 0.2) is 43.3 Å². The van der Waals surface area contributed by atoms with Crippen molar-refractivity contribution in [1.82, 2.24) is 24.7 Å². The van der Waals surface area contributed by atoms with Crippen molar-refractivity contribution in [2.45, 2.75) is 25.0 Å². The smallest absolute Gasteiger partial charge is 0.163 e. The van der Waals surface area contributed by atoms with Crippen molar-refractivity contribution in [3.8, 4) is 0 Å². The highest BCUT2D eigenvalue weighted by Gasteiger charge is 2.41. The average molecular weight is 351 g/mol. The SMILES string of the molecule is [2H]c1nc([2H])c(F)c([C@H](C)[C@](O)(Cn2cncn2)c2ccc(F)cc2F)n1. The monoisotopic (exact) mass is 351 g/mol. The summed E-state index contributed by atoms with van der Waals surface area (Å²) in [7, 11) is 0. The molecule has 0 saturated heterocycles. The third kappa shape index (κ3) is 3.22. The van der Waals surface area contributed by atoms with Crippen LogP contribution < -0.4 is 0 Å². The van der Waals surface area contributed by atoms with Crippen molar-refractivity contribution >= 4 is 0 Å². The van der Waals surface area contributed by atoms with Crippen molar-refractivity contribution in [2.75, 3.05) is 0 Å². The number of hydrogen-bond donors (Lipinski definition) is 1. The standard InChI is InChI=1S/C16H14F3N5O/c1-10(15-14(19)5-20-7-22-15)16(25,6-24-9-21-8-23-24)12-3-2-11(17)4-13(12)18/h2-5,7-10,25H,6H2,1H3/t10-,16+/m0/s1/i5D,7D. The molecule has 3 aromatic rings. The number of benzene rings is 1. The molecule has 0 aliphatic carbocycles. The number of aliphatic hydroxyl groups is 1. The maximum atomic E-state index is 14.5. The van der Waals surface area contributed by atoms with Gasteiger partial charge in [-0.1, -0.05) is 13.0 Å². The van der Waals surface area contributed by atoms with Crippen molar-refractivity contribution < 1.29 is 21.0 Å². The largest absolute Gasteiger partial charge is 0.382 e. The first-order valence-electron chi connectivity index (χ1n) is 8.23. The zero-order valence-corrected chi connectivity index (χ0v) is 13.0. The molecular formula is C16H14F3N5O. The van der Waals surface area contributed by atoms with Crippen LogP contribution in [0.25, 0.3) is 0 Å². The molecule has 9 heteroatoms. The second-order valence-electron chi connectivity index (χ2n) is 5.50. The summed E-state index contributed by atoms with van der Waals surface area (Å²) in [5.74, 6) is -4.27. The van der Waals surface area contributed by atoms with Crippen LogP contribution in [-0.4, -0.2) is 29.8 Å². The molecule has 0 aliphatic heterocycles. The van der Waals surface area contributed by atoms with Crippen molar-refractivity contribution in [3.63, 3.8) is 0 Å². The first kappa shape index (κ1) is 14.5. The van der Waals surface area contributed by atoms with Crippen LogP contribution in [0, 0.1) is 17.5 Å². The summed E-state index contributed by atoms with van der Waals surface area (Å²) >= 11 is 0. The normalized spacial score (nSPS) is 16.0. The molecule has 2 atom stereocenters. The average Bonchev–Trinajstić information content (AvgIpc) is 3.10. The van der Waals surface area contributed by atoms with E-state index in [2.05, 4.69) is 20.1 Å². The van der Waals surface area contributed by atoms with Crippen LogP contribution in [0.5, 0.6) is 0 Å². The molecule has 130 valence electrons. The molecule has 0 radical (unpaired) electrons. The number of nitrogens with zero attached hydrogens (tertiary/aromatic N) is 5. The molecule has 0 amide bonds. The van der Waals surface area contributed by atoms with Gasteiger partial charge in [-0.05, 0) is 6.07 Å². The lowest BCUT2D eigenvalue weighted by Crippen LogP contribution is -2.39. The van der Waals surface area contributed by atoms with Crippen LogP contribution >= 0.6 is 0 Å². The second kappa shape index (κ2) is 6.60. The summed E-state index contributed by atoms with van der Waals surface area (Å²) in [4.78, 5) is 10.7. The van der Waals surface area contributed by atoms with Gasteiger partial charge in [-0.15, -0.1) is 0 Å². The molecule has 25 heavy (non-hydrogen) atoms. The van der Waals surface area contributed by atoms with Gasteiger partial charge >= 0.3 is 0 Å². The number of hydrogen-bond acceptors (Lipinski definition) is 5. The highest BCUT2D eigenvalue weighted by Crippen LogP contribution is 2.39. The van der Waals surface area contributed by atoms with Crippen LogP contribution in [0.1, 0.15) is 26.8 Å². The van der Waals surface area contributed by atoms with E-state index in [1.807, 2.05) is 0 Å². The first-order valence-corrected chi connectivity index (χ1v) is 7.23. The van der Waals surface area contributed by atoms with Gasteiger partial charge in [0, 0.05) is 17.5 Å². The zero-order chi connectivity index (χ0) is 19.8. The lowest BCUT2D eigenvalue weighted by atomic mass is 9.79. The fourth-order valence-electron chi connectivity index (χ4n) is 2.63. The molecule has 1 N–H and O–H groups in total. The van der Waals surface area contributed by atoms with Gasteiger partial charge in [0.25, 0.3) is 0 Å². The van der Waals surface area contributed by atoms with Gasteiger partial charge in [-0.3, -0.25) is 0 Å². The molecule has 1 aromatic carbocycles. The van der Waals surface area contributed by atoms with Crippen molar-refractivity contribution in [2.24, 2.45) is 0 Å². The Hall–Kier alpha value is -2.81. The van der Waals surface area contributed by atoms with E-state index in [-0.39, 0.29) is 12.1 Å². The molecule has 2 aromatic heterocycles. The van der Waals surface area contributed by atoms with Crippen molar-refractivity contribution in [1.29, 1.82) is 0 Å². The predicted molar refractivity (Wildman–Crippen MR) is 80.7 cm³/mol. The second-order valence-corrected chi connectivity index (χ2v) is 5.50. The quantitative estimate of drug-likeness (QED) is 0.762. The highest BCUT2D eigenvalue weighted by molar-refractivity contribution is 5.30. The third-order valence-corrected chi connectivity index (χ3v) is 3.99. The van der Waals surface area contributed by atoms with Gasteiger partial charge in [0.05, 0.1) is 19.8 Å². The Labute approximate surface area is 143 Å². The minimum atomic E-state index is -2.14. The third-order valence-electron chi connectivity index (χ3n) is 3.99. The molecular weight excluding hydrogens is 335 g/mol. The van der Waals surface area contributed by atoms with E-state index in [0.717, 1.165) is 12.1 Å². The minimum Gasteiger partial charge on any atom is -0.382 e. The Morgan fingerprint density at radius 1 is 1.28 bits per heavy atom. The van der Waals surface area contributed by atoms with E-state index in [1.165, 1.54) is 24.3 Å². The summed E-state index contributed by atoms with van der Waals surface area (Å²) in [6.07, 6.45) is 1.02. The van der Waals surface area contributed by atoms with Gasteiger partial charge in [0.2, 0.25) is 0 Å². The van der Waals surface area contributed by atoms with Gasteiger partial charge in [0.15, 0.2) is 5.82 Å². The van der Waals surface area contributed by atoms with E-state index in [4.69, 9.17) is 2.74 Å². The zero-order valence-electron chi connectivity index (χ0n) is 15.0. The number of rotatable bonds is 5. The molecule has 0 unspecified atom stereocenters. The Balaban J connectivity index is 2.17. The lowest BCUT2D eigenvalue weighted by molar-refractivity contribution is -0.0133. The van der Waals surface area contributed by atoms with Crippen molar-refractivity contribution in [3.05, 3.63) is 72.0 Å². The number of aromatic nitrogens is 5. The van der Waals surface area contributed by atoms with E-state index < -0.39 is 47.1 Å². The topological polar surface area (TPSA) is 76.7 Å². The molecule has 3 rings (SSSR count). The van der Waals surface area contributed by atoms with Gasteiger partial charge in [-0.25, -0.2) is 32.8 Å². The van der Waals surface area contributed by atoms with E-state index in [1.54, 1.807) is 0 Å². The van der Waals surface area contributed by atoms with Gasteiger partial charge in [0.1, 0.15) is 37.6 Å². The summed E-state index contributed by atoms with van der Waals surface area (Å²) in [5, 5.41) is 15.2. The van der Waals surface area contributed by atoms with Gasteiger partial charge in [-0.2, -0.15) is 5.10 Å². The van der Waals surface area contributed by atoms with Crippen LogP contribution in [0.4, 0.5) is 13.2 Å². The molecule has 0 fully saturated rings. The molecule has 6 nitrogen and oxygen atoms in total. The van der Waals surface area contributed by atoms with E-state index in [9.17, 15) is 18.3 Å². The van der Waals surface area contributed by atoms with Crippen LogP contribution in [0.3, 0.4) is 0 Å². The number of halogens is 3. The lowest BCUT2D eigenvalue weighted by Gasteiger charge is -2.34. The Kier molecular flexibility index (Phi) is 3.83. The molecule has 0 spiro atoms. The minimum absolute atomic E-state index is 0.317. The summed E-state index contributed by atoms with van der Waals surface area (Å²) < 4.78 is 58.4. The van der Waals surface area contributed by atoms with E-state index in [0.29, 0.717) is 6.07 Å². The first-order chi connectivity index (χ1) is 12.7. The molecule has 2 heterocycles. The van der Waals surface area contributed by atoms with E-state index >= 15 is 0 Å². The summed E-state index contributed by atoms with van der Waals surface area (Å²) in [6, 6.07) is 2.59.